The Morgan fingerprint density at radius 3 is 2.72 bits per heavy atom. The van der Waals surface area contributed by atoms with Crippen LogP contribution in [0.1, 0.15) is 28.8 Å². The van der Waals surface area contributed by atoms with Gasteiger partial charge in [-0.3, -0.25) is 9.36 Å². The van der Waals surface area contributed by atoms with Crippen molar-refractivity contribution >= 4 is 5.91 Å². The number of methoxy groups -OCH3 is 2. The molecule has 0 saturated heterocycles. The topological polar surface area (TPSA) is 117 Å². The Bertz CT molecular complexity index is 1220. The highest BCUT2D eigenvalue weighted by molar-refractivity contribution is 5.92. The Balaban J connectivity index is 1.44. The summed E-state index contributed by atoms with van der Waals surface area (Å²) < 4.78 is 17.5. The van der Waals surface area contributed by atoms with Gasteiger partial charge in [0.25, 0.3) is 11.8 Å². The summed E-state index contributed by atoms with van der Waals surface area (Å²) >= 11 is 0. The number of imidazole rings is 1. The van der Waals surface area contributed by atoms with E-state index in [1.165, 1.54) is 6.33 Å². The highest BCUT2D eigenvalue weighted by Gasteiger charge is 2.13. The molecular formula is C22H22N6O4. The number of rotatable bonds is 8. The largest absolute Gasteiger partial charge is 0.497 e. The molecule has 10 nitrogen and oxygen atoms in total. The van der Waals surface area contributed by atoms with Crippen molar-refractivity contribution in [3.63, 3.8) is 0 Å². The Kier molecular flexibility index (Phi) is 6.11. The van der Waals surface area contributed by atoms with E-state index < -0.39 is 0 Å². The van der Waals surface area contributed by atoms with E-state index in [9.17, 15) is 4.79 Å². The minimum absolute atomic E-state index is 0.266. The highest BCUT2D eigenvalue weighted by Crippen LogP contribution is 2.24. The lowest BCUT2D eigenvalue weighted by atomic mass is 10.2. The van der Waals surface area contributed by atoms with Crippen LogP contribution in [0, 0.1) is 0 Å². The smallest absolute Gasteiger partial charge is 0.271 e. The molecule has 1 aromatic carbocycles. The van der Waals surface area contributed by atoms with Crippen LogP contribution in [0.25, 0.3) is 17.3 Å². The lowest BCUT2D eigenvalue weighted by Gasteiger charge is -2.11. The minimum Gasteiger partial charge on any atom is -0.497 e. The Morgan fingerprint density at radius 1 is 1.16 bits per heavy atom. The van der Waals surface area contributed by atoms with Gasteiger partial charge >= 0.3 is 0 Å². The van der Waals surface area contributed by atoms with E-state index in [0.29, 0.717) is 41.0 Å². The lowest BCUT2D eigenvalue weighted by molar-refractivity contribution is 0.0946. The van der Waals surface area contributed by atoms with Gasteiger partial charge in [-0.1, -0.05) is 12.1 Å². The monoisotopic (exact) mass is 434 g/mol. The fraction of sp³-hybridized carbons (Fsp3) is 0.227. The quantitative estimate of drug-likeness (QED) is 0.450. The summed E-state index contributed by atoms with van der Waals surface area (Å²) in [5, 5.41) is 6.73. The number of aryl methyl sites for hydroxylation is 1. The zero-order chi connectivity index (χ0) is 22.5. The highest BCUT2D eigenvalue weighted by atomic mass is 16.5. The molecule has 3 heterocycles. The summed E-state index contributed by atoms with van der Waals surface area (Å²) in [6.45, 7) is 2.22. The van der Waals surface area contributed by atoms with Crippen molar-refractivity contribution in [2.24, 2.45) is 0 Å². The van der Waals surface area contributed by atoms with Gasteiger partial charge in [-0.25, -0.2) is 9.97 Å². The molecule has 4 aromatic rings. The second-order valence-electron chi connectivity index (χ2n) is 6.80. The Labute approximate surface area is 184 Å². The number of nitrogens with zero attached hydrogens (tertiary/aromatic N) is 5. The van der Waals surface area contributed by atoms with E-state index in [1.807, 2.05) is 19.1 Å². The molecule has 0 saturated carbocycles. The summed E-state index contributed by atoms with van der Waals surface area (Å²) in [6, 6.07) is 9.02. The number of benzene rings is 1. The van der Waals surface area contributed by atoms with Crippen LogP contribution < -0.4 is 14.8 Å². The van der Waals surface area contributed by atoms with Crippen LogP contribution in [0.2, 0.25) is 0 Å². The van der Waals surface area contributed by atoms with Gasteiger partial charge in [-0.05, 0) is 30.3 Å². The molecule has 0 atom stereocenters. The first kappa shape index (κ1) is 21.0. The molecule has 0 spiro atoms. The number of nitrogens with one attached hydrogen (secondary N) is 1. The van der Waals surface area contributed by atoms with Crippen LogP contribution in [0.3, 0.4) is 0 Å². The number of hydrogen-bond donors (Lipinski definition) is 1. The molecule has 0 fully saturated rings. The molecule has 3 aromatic heterocycles. The van der Waals surface area contributed by atoms with Gasteiger partial charge in [0.2, 0.25) is 0 Å². The van der Waals surface area contributed by atoms with Crippen LogP contribution in [0.5, 0.6) is 11.5 Å². The summed E-state index contributed by atoms with van der Waals surface area (Å²) in [4.78, 5) is 25.5. The van der Waals surface area contributed by atoms with Gasteiger partial charge in [0.05, 0.1) is 19.8 Å². The van der Waals surface area contributed by atoms with Crippen LogP contribution in [0.4, 0.5) is 0 Å². The third kappa shape index (κ3) is 4.43. The molecule has 164 valence electrons. The second-order valence-corrected chi connectivity index (χ2v) is 6.80. The first-order valence-electron chi connectivity index (χ1n) is 9.93. The predicted molar refractivity (Wildman–Crippen MR) is 115 cm³/mol. The normalized spacial score (nSPS) is 10.7. The van der Waals surface area contributed by atoms with Gasteiger partial charge in [-0.2, -0.15) is 4.98 Å². The second kappa shape index (κ2) is 9.29. The Hall–Kier alpha value is -4.21. The molecule has 1 amide bonds. The van der Waals surface area contributed by atoms with Gasteiger partial charge in [0.1, 0.15) is 29.3 Å². The maximum Gasteiger partial charge on any atom is 0.271 e. The third-order valence-corrected chi connectivity index (χ3v) is 4.79. The minimum atomic E-state index is -0.316. The molecule has 0 unspecified atom stereocenters. The molecule has 10 heteroatoms. The first-order valence-corrected chi connectivity index (χ1v) is 9.93. The van der Waals surface area contributed by atoms with E-state index in [0.717, 1.165) is 5.56 Å². The van der Waals surface area contributed by atoms with E-state index in [1.54, 1.807) is 49.4 Å². The van der Waals surface area contributed by atoms with Gasteiger partial charge < -0.3 is 19.3 Å². The third-order valence-electron chi connectivity index (χ3n) is 4.79. The maximum atomic E-state index is 12.6. The maximum absolute atomic E-state index is 12.6. The van der Waals surface area contributed by atoms with Crippen LogP contribution in [-0.4, -0.2) is 44.8 Å². The van der Waals surface area contributed by atoms with Crippen LogP contribution in [-0.2, 0) is 13.0 Å². The molecule has 0 aliphatic carbocycles. The molecule has 0 bridgehead atoms. The first-order chi connectivity index (χ1) is 15.6. The summed E-state index contributed by atoms with van der Waals surface area (Å²) in [7, 11) is 3.16. The zero-order valence-corrected chi connectivity index (χ0v) is 17.9. The average molecular weight is 434 g/mol. The summed E-state index contributed by atoms with van der Waals surface area (Å²) in [5.41, 5.74) is 1.78. The lowest BCUT2D eigenvalue weighted by Crippen LogP contribution is -2.23. The molecule has 0 aliphatic rings. The standard InChI is InChI=1S/C22H22N6O4/c1-4-19-26-22(32-27-19)14-5-8-20(23-10-14)28-12-17(25-13-28)21(29)24-11-15-9-16(30-2)6-7-18(15)31-3/h5-10,12-13H,4,11H2,1-3H3,(H,24,29). The molecule has 0 aliphatic heterocycles. The van der Waals surface area contributed by atoms with Crippen molar-refractivity contribution in [3.8, 4) is 28.8 Å². The van der Waals surface area contributed by atoms with Crippen LogP contribution >= 0.6 is 0 Å². The number of carbonyl (C=O) groups is 1. The average Bonchev–Trinajstić information content (AvgIpc) is 3.52. The van der Waals surface area contributed by atoms with Crippen molar-refractivity contribution in [2.45, 2.75) is 19.9 Å². The summed E-state index contributed by atoms with van der Waals surface area (Å²) in [5.74, 6) is 2.68. The van der Waals surface area contributed by atoms with Gasteiger partial charge in [0.15, 0.2) is 5.82 Å². The van der Waals surface area contributed by atoms with Gasteiger partial charge in [-0.15, -0.1) is 0 Å². The van der Waals surface area contributed by atoms with Crippen molar-refractivity contribution in [1.82, 2.24) is 30.0 Å². The number of hydrogen-bond acceptors (Lipinski definition) is 8. The van der Waals surface area contributed by atoms with E-state index in [-0.39, 0.29) is 18.1 Å². The Morgan fingerprint density at radius 2 is 2.03 bits per heavy atom. The van der Waals surface area contributed by atoms with Crippen LogP contribution in [0.15, 0.2) is 53.6 Å². The fourth-order valence-electron chi connectivity index (χ4n) is 3.03. The van der Waals surface area contributed by atoms with Crippen molar-refractivity contribution in [1.29, 1.82) is 0 Å². The van der Waals surface area contributed by atoms with E-state index >= 15 is 0 Å². The number of aromatic nitrogens is 5. The van der Waals surface area contributed by atoms with Gasteiger partial charge in [0, 0.05) is 30.9 Å². The van der Waals surface area contributed by atoms with Crippen molar-refractivity contribution < 1.29 is 18.8 Å². The molecule has 32 heavy (non-hydrogen) atoms. The SMILES string of the molecule is CCc1noc(-c2ccc(-n3cnc(C(=O)NCc4cc(OC)ccc4OC)c3)nc2)n1. The zero-order valence-electron chi connectivity index (χ0n) is 17.9. The number of amides is 1. The fourth-order valence-corrected chi connectivity index (χ4v) is 3.03. The summed E-state index contributed by atoms with van der Waals surface area (Å²) in [6.07, 6.45) is 5.48. The number of ether oxygens (including phenoxy) is 2. The van der Waals surface area contributed by atoms with E-state index in [4.69, 9.17) is 14.0 Å². The van der Waals surface area contributed by atoms with E-state index in [2.05, 4.69) is 25.4 Å². The number of carbonyl (C=O) groups excluding carboxylic acids is 1. The van der Waals surface area contributed by atoms with Crippen molar-refractivity contribution in [2.75, 3.05) is 14.2 Å². The van der Waals surface area contributed by atoms with Crippen molar-refractivity contribution in [3.05, 3.63) is 66.1 Å². The molecule has 4 rings (SSSR count). The molecular weight excluding hydrogens is 412 g/mol. The predicted octanol–water partition coefficient (Wildman–Crippen LogP) is 2.83. The number of pyridine rings is 1. The molecule has 0 radical (unpaired) electrons. The molecule has 1 N–H and O–H groups in total.